The van der Waals surface area contributed by atoms with Crippen molar-refractivity contribution in [2.75, 3.05) is 0 Å². The molecule has 2 nitrogen and oxygen atoms in total. The van der Waals surface area contributed by atoms with Gasteiger partial charge in [0.25, 0.3) is 0 Å². The van der Waals surface area contributed by atoms with Gasteiger partial charge in [-0.15, -0.1) is 11.3 Å². The summed E-state index contributed by atoms with van der Waals surface area (Å²) in [4.78, 5) is 6.60. The van der Waals surface area contributed by atoms with E-state index in [1.165, 1.54) is 49.2 Å². The summed E-state index contributed by atoms with van der Waals surface area (Å²) in [6, 6.07) is 0.503. The molecule has 2 aliphatic carbocycles. The van der Waals surface area contributed by atoms with Gasteiger partial charge in [0, 0.05) is 10.9 Å². The van der Waals surface area contributed by atoms with E-state index < -0.39 is 0 Å². The smallest absolute Gasteiger partial charge is 0.114 e. The van der Waals surface area contributed by atoms with Crippen LogP contribution in [0.1, 0.15) is 69.0 Å². The number of rotatable bonds is 4. The highest BCUT2D eigenvalue weighted by atomic mass is 32.1. The number of fused-ring (bicyclic) bond motifs is 1. The molecule has 0 spiro atoms. The second-order valence-corrected chi connectivity index (χ2v) is 8.16. The van der Waals surface area contributed by atoms with E-state index in [0.717, 1.165) is 0 Å². The largest absolute Gasteiger partial charge is 0.303 e. The molecule has 1 saturated carbocycles. The SMILES string of the molecule is CC(C)NC(C)(c1nc2c(s1)CCCC2)C1(C)CC1. The molecular weight excluding hydrogens is 252 g/mol. The van der Waals surface area contributed by atoms with Crippen LogP contribution in [0.3, 0.4) is 0 Å². The van der Waals surface area contributed by atoms with Gasteiger partial charge >= 0.3 is 0 Å². The van der Waals surface area contributed by atoms with Crippen molar-refractivity contribution in [3.8, 4) is 0 Å². The summed E-state index contributed by atoms with van der Waals surface area (Å²) in [5, 5.41) is 5.17. The van der Waals surface area contributed by atoms with E-state index in [2.05, 4.69) is 33.0 Å². The van der Waals surface area contributed by atoms with Gasteiger partial charge in [-0.3, -0.25) is 0 Å². The molecule has 1 aromatic rings. The lowest BCUT2D eigenvalue weighted by molar-refractivity contribution is 0.208. The third-order valence-corrected chi connectivity index (χ3v) is 6.44. The van der Waals surface area contributed by atoms with Gasteiger partial charge in [-0.05, 0) is 64.7 Å². The van der Waals surface area contributed by atoms with E-state index in [-0.39, 0.29) is 5.54 Å². The number of hydrogen-bond acceptors (Lipinski definition) is 3. The normalized spacial score (nSPS) is 24.1. The number of aromatic nitrogens is 1. The molecule has 1 atom stereocenters. The fourth-order valence-corrected chi connectivity index (χ4v) is 4.74. The zero-order chi connectivity index (χ0) is 13.7. The highest BCUT2D eigenvalue weighted by Crippen LogP contribution is 2.58. The Morgan fingerprint density at radius 1 is 1.26 bits per heavy atom. The first-order chi connectivity index (χ1) is 8.95. The minimum atomic E-state index is 0.0587. The first-order valence-electron chi connectivity index (χ1n) is 7.71. The minimum Gasteiger partial charge on any atom is -0.303 e. The molecular formula is C16H26N2S. The first-order valence-corrected chi connectivity index (χ1v) is 8.53. The Bertz CT molecular complexity index is 450. The summed E-state index contributed by atoms with van der Waals surface area (Å²) in [6.07, 6.45) is 7.77. The molecule has 1 N–H and O–H groups in total. The number of aryl methyl sites for hydroxylation is 2. The van der Waals surface area contributed by atoms with Gasteiger partial charge < -0.3 is 5.32 Å². The number of nitrogens with one attached hydrogen (secondary N) is 1. The topological polar surface area (TPSA) is 24.9 Å². The van der Waals surface area contributed by atoms with Crippen molar-refractivity contribution in [1.29, 1.82) is 0 Å². The van der Waals surface area contributed by atoms with Crippen molar-refractivity contribution in [3.05, 3.63) is 15.6 Å². The van der Waals surface area contributed by atoms with E-state index in [1.54, 1.807) is 4.88 Å². The van der Waals surface area contributed by atoms with Gasteiger partial charge in [-0.25, -0.2) is 4.98 Å². The Labute approximate surface area is 121 Å². The van der Waals surface area contributed by atoms with Crippen molar-refractivity contribution in [1.82, 2.24) is 10.3 Å². The lowest BCUT2D eigenvalue weighted by Gasteiger charge is -2.37. The molecule has 0 aromatic carbocycles. The van der Waals surface area contributed by atoms with Crippen LogP contribution in [-0.4, -0.2) is 11.0 Å². The van der Waals surface area contributed by atoms with Crippen molar-refractivity contribution >= 4 is 11.3 Å². The molecule has 19 heavy (non-hydrogen) atoms. The van der Waals surface area contributed by atoms with Gasteiger partial charge in [-0.2, -0.15) is 0 Å². The van der Waals surface area contributed by atoms with Crippen LogP contribution in [0.4, 0.5) is 0 Å². The van der Waals surface area contributed by atoms with E-state index in [1.807, 2.05) is 11.3 Å². The van der Waals surface area contributed by atoms with Crippen LogP contribution in [0.5, 0.6) is 0 Å². The molecule has 0 saturated heterocycles. The van der Waals surface area contributed by atoms with Crippen LogP contribution in [0.25, 0.3) is 0 Å². The fourth-order valence-electron chi connectivity index (χ4n) is 3.32. The molecule has 1 fully saturated rings. The third-order valence-electron chi connectivity index (χ3n) is 5.06. The Morgan fingerprint density at radius 2 is 1.95 bits per heavy atom. The maximum absolute atomic E-state index is 5.04. The maximum atomic E-state index is 5.04. The number of thiazole rings is 1. The zero-order valence-electron chi connectivity index (χ0n) is 12.7. The van der Waals surface area contributed by atoms with Crippen LogP contribution in [0.2, 0.25) is 0 Å². The zero-order valence-corrected chi connectivity index (χ0v) is 13.5. The van der Waals surface area contributed by atoms with Gasteiger partial charge in [0.05, 0.1) is 11.2 Å². The van der Waals surface area contributed by atoms with Gasteiger partial charge in [-0.1, -0.05) is 6.92 Å². The molecule has 1 unspecified atom stereocenters. The summed E-state index contributed by atoms with van der Waals surface area (Å²) in [7, 11) is 0. The van der Waals surface area contributed by atoms with Crippen LogP contribution in [-0.2, 0) is 18.4 Å². The van der Waals surface area contributed by atoms with E-state index in [0.29, 0.717) is 11.5 Å². The average molecular weight is 278 g/mol. The molecule has 0 aliphatic heterocycles. The average Bonchev–Trinajstić information content (AvgIpc) is 2.96. The summed E-state index contributed by atoms with van der Waals surface area (Å²) in [5.41, 5.74) is 1.85. The summed E-state index contributed by atoms with van der Waals surface area (Å²) in [6.45, 7) is 9.29. The van der Waals surface area contributed by atoms with Gasteiger partial charge in [0.1, 0.15) is 5.01 Å². The van der Waals surface area contributed by atoms with Gasteiger partial charge in [0.2, 0.25) is 0 Å². The van der Waals surface area contributed by atoms with E-state index >= 15 is 0 Å². The molecule has 1 aromatic heterocycles. The Balaban J connectivity index is 1.97. The lowest BCUT2D eigenvalue weighted by atomic mass is 9.83. The van der Waals surface area contributed by atoms with Crippen LogP contribution < -0.4 is 5.32 Å². The van der Waals surface area contributed by atoms with Crippen molar-refractivity contribution in [2.45, 2.75) is 77.8 Å². The number of hydrogen-bond donors (Lipinski definition) is 1. The van der Waals surface area contributed by atoms with E-state index in [9.17, 15) is 0 Å². The van der Waals surface area contributed by atoms with E-state index in [4.69, 9.17) is 4.98 Å². The predicted molar refractivity (Wildman–Crippen MR) is 81.7 cm³/mol. The van der Waals surface area contributed by atoms with Crippen LogP contribution in [0, 0.1) is 5.41 Å². The second-order valence-electron chi connectivity index (χ2n) is 7.08. The quantitative estimate of drug-likeness (QED) is 0.899. The van der Waals surface area contributed by atoms with Gasteiger partial charge in [0.15, 0.2) is 0 Å². The highest BCUT2D eigenvalue weighted by Gasteiger charge is 2.55. The molecule has 0 radical (unpaired) electrons. The van der Waals surface area contributed by atoms with Crippen LogP contribution in [0.15, 0.2) is 0 Å². The van der Waals surface area contributed by atoms with Crippen LogP contribution >= 0.6 is 11.3 Å². The molecule has 3 rings (SSSR count). The standard InChI is InChI=1S/C16H26N2S/c1-11(2)18-16(4,15(3)9-10-15)14-17-12-7-5-6-8-13(12)19-14/h11,18H,5-10H2,1-4H3. The lowest BCUT2D eigenvalue weighted by Crippen LogP contribution is -2.49. The monoisotopic (exact) mass is 278 g/mol. The summed E-state index contributed by atoms with van der Waals surface area (Å²) in [5.74, 6) is 0. The fraction of sp³-hybridized carbons (Fsp3) is 0.812. The molecule has 2 aliphatic rings. The molecule has 0 bridgehead atoms. The Morgan fingerprint density at radius 3 is 2.53 bits per heavy atom. The Kier molecular flexibility index (Phi) is 3.25. The first kappa shape index (κ1) is 13.6. The third kappa shape index (κ3) is 2.25. The molecule has 0 amide bonds. The summed E-state index contributed by atoms with van der Waals surface area (Å²) < 4.78 is 0. The van der Waals surface area contributed by atoms with Crippen molar-refractivity contribution < 1.29 is 0 Å². The van der Waals surface area contributed by atoms with Crippen molar-refractivity contribution in [2.24, 2.45) is 5.41 Å². The second kappa shape index (κ2) is 4.56. The summed E-state index contributed by atoms with van der Waals surface area (Å²) >= 11 is 1.98. The van der Waals surface area contributed by atoms with Crippen molar-refractivity contribution in [3.63, 3.8) is 0 Å². The minimum absolute atomic E-state index is 0.0587. The molecule has 106 valence electrons. The highest BCUT2D eigenvalue weighted by molar-refractivity contribution is 7.11. The predicted octanol–water partition coefficient (Wildman–Crippen LogP) is 4.04. The molecule has 3 heteroatoms. The number of nitrogens with zero attached hydrogens (tertiary/aromatic N) is 1. The molecule has 1 heterocycles. The Hall–Kier alpha value is -0.410. The maximum Gasteiger partial charge on any atom is 0.114 e.